The Labute approximate surface area is 148 Å². The van der Waals surface area contributed by atoms with Crippen LogP contribution in [0.5, 0.6) is 11.5 Å². The predicted molar refractivity (Wildman–Crippen MR) is 97.4 cm³/mol. The molecule has 2 N–H and O–H groups in total. The zero-order chi connectivity index (χ0) is 16.8. The van der Waals surface area contributed by atoms with Crippen molar-refractivity contribution in [1.82, 2.24) is 5.32 Å². The third kappa shape index (κ3) is 4.43. The summed E-state index contributed by atoms with van der Waals surface area (Å²) in [4.78, 5) is 12.4. The molecule has 7 heteroatoms. The smallest absolute Gasteiger partial charge is 0.261 e. The molecule has 120 valence electrons. The summed E-state index contributed by atoms with van der Waals surface area (Å²) < 4.78 is 11.2. The van der Waals surface area contributed by atoms with Crippen molar-refractivity contribution in [2.75, 3.05) is 19.5 Å². The first-order chi connectivity index (χ1) is 11.0. The van der Waals surface area contributed by atoms with Crippen molar-refractivity contribution in [2.24, 2.45) is 0 Å². The first kappa shape index (κ1) is 17.2. The van der Waals surface area contributed by atoms with E-state index in [1.165, 1.54) is 7.11 Å². The molecule has 0 fully saturated rings. The molecular formula is C16H15BrN2O3S. The standard InChI is InChI=1S/C16H15BrN2O3S/c1-21-13-8-7-10(17)9-11(13)15(20)19-16(23)18-12-5-3-4-6-14(12)22-2/h3-9H,1-2H3,(H2,18,19,20,23). The van der Waals surface area contributed by atoms with Gasteiger partial charge in [-0.25, -0.2) is 0 Å². The van der Waals surface area contributed by atoms with Crippen LogP contribution < -0.4 is 20.1 Å². The Balaban J connectivity index is 2.11. The minimum Gasteiger partial charge on any atom is -0.496 e. The molecule has 0 saturated heterocycles. The van der Waals surface area contributed by atoms with E-state index in [1.54, 1.807) is 37.4 Å². The van der Waals surface area contributed by atoms with Gasteiger partial charge in [-0.1, -0.05) is 28.1 Å². The van der Waals surface area contributed by atoms with Crippen molar-refractivity contribution in [2.45, 2.75) is 0 Å². The van der Waals surface area contributed by atoms with Gasteiger partial charge in [0, 0.05) is 4.47 Å². The minimum atomic E-state index is -0.365. The molecule has 0 radical (unpaired) electrons. The number of amides is 1. The maximum atomic E-state index is 12.4. The van der Waals surface area contributed by atoms with Crippen LogP contribution in [0, 0.1) is 0 Å². The molecule has 5 nitrogen and oxygen atoms in total. The van der Waals surface area contributed by atoms with Crippen LogP contribution in [0.4, 0.5) is 5.69 Å². The number of rotatable bonds is 4. The Morgan fingerprint density at radius 1 is 1.09 bits per heavy atom. The maximum Gasteiger partial charge on any atom is 0.261 e. The molecule has 0 aromatic heterocycles. The van der Waals surface area contributed by atoms with Gasteiger partial charge in [0.25, 0.3) is 5.91 Å². The number of anilines is 1. The average Bonchev–Trinajstić information content (AvgIpc) is 2.55. The highest BCUT2D eigenvalue weighted by Gasteiger charge is 2.14. The number of halogens is 1. The molecule has 1 amide bonds. The van der Waals surface area contributed by atoms with E-state index in [0.717, 1.165) is 4.47 Å². The highest BCUT2D eigenvalue weighted by atomic mass is 79.9. The van der Waals surface area contributed by atoms with E-state index in [0.29, 0.717) is 22.7 Å². The molecule has 0 spiro atoms. The monoisotopic (exact) mass is 394 g/mol. The van der Waals surface area contributed by atoms with E-state index >= 15 is 0 Å². The second-order valence-electron chi connectivity index (χ2n) is 4.45. The van der Waals surface area contributed by atoms with Gasteiger partial charge in [-0.05, 0) is 42.5 Å². The van der Waals surface area contributed by atoms with Crippen LogP contribution in [-0.4, -0.2) is 25.2 Å². The van der Waals surface area contributed by atoms with Gasteiger partial charge in [-0.2, -0.15) is 0 Å². The molecule has 2 aromatic carbocycles. The normalized spacial score (nSPS) is 9.87. The molecule has 0 aliphatic rings. The maximum absolute atomic E-state index is 12.4. The fourth-order valence-corrected chi connectivity index (χ4v) is 2.49. The third-order valence-electron chi connectivity index (χ3n) is 2.99. The van der Waals surface area contributed by atoms with Gasteiger partial charge in [0.1, 0.15) is 11.5 Å². The molecule has 2 rings (SSSR count). The van der Waals surface area contributed by atoms with Gasteiger partial charge in [-0.3, -0.25) is 10.1 Å². The molecule has 0 aliphatic carbocycles. The van der Waals surface area contributed by atoms with Crippen LogP contribution in [0.25, 0.3) is 0 Å². The number of ether oxygens (including phenoxy) is 2. The lowest BCUT2D eigenvalue weighted by Gasteiger charge is -2.13. The number of nitrogens with one attached hydrogen (secondary N) is 2. The van der Waals surface area contributed by atoms with E-state index in [4.69, 9.17) is 21.7 Å². The summed E-state index contributed by atoms with van der Waals surface area (Å²) in [6.07, 6.45) is 0. The minimum absolute atomic E-state index is 0.168. The number of thiocarbonyl (C=S) groups is 1. The fourth-order valence-electron chi connectivity index (χ4n) is 1.93. The van der Waals surface area contributed by atoms with E-state index in [9.17, 15) is 4.79 Å². The number of benzene rings is 2. The lowest BCUT2D eigenvalue weighted by atomic mass is 10.2. The van der Waals surface area contributed by atoms with Crippen LogP contribution in [0.3, 0.4) is 0 Å². The van der Waals surface area contributed by atoms with Crippen molar-refractivity contribution in [3.63, 3.8) is 0 Å². The molecule has 0 bridgehead atoms. The molecule has 23 heavy (non-hydrogen) atoms. The summed E-state index contributed by atoms with van der Waals surface area (Å²) in [5.41, 5.74) is 1.05. The zero-order valence-electron chi connectivity index (χ0n) is 12.6. The first-order valence-corrected chi connectivity index (χ1v) is 7.84. The van der Waals surface area contributed by atoms with Gasteiger partial charge < -0.3 is 14.8 Å². The molecule has 0 saturated carbocycles. The molecule has 0 atom stereocenters. The number of para-hydroxylation sites is 2. The number of carbonyl (C=O) groups excluding carboxylic acids is 1. The van der Waals surface area contributed by atoms with Crippen molar-refractivity contribution < 1.29 is 14.3 Å². The Hall–Kier alpha value is -2.12. The lowest BCUT2D eigenvalue weighted by molar-refractivity contribution is 0.0974. The molecule has 0 unspecified atom stereocenters. The average molecular weight is 395 g/mol. The highest BCUT2D eigenvalue weighted by Crippen LogP contribution is 2.24. The summed E-state index contributed by atoms with van der Waals surface area (Å²) in [7, 11) is 3.07. The van der Waals surface area contributed by atoms with Gasteiger partial charge in [-0.15, -0.1) is 0 Å². The van der Waals surface area contributed by atoms with Gasteiger partial charge in [0.05, 0.1) is 25.5 Å². The van der Waals surface area contributed by atoms with E-state index in [-0.39, 0.29) is 11.0 Å². The Bertz CT molecular complexity index is 737. The van der Waals surface area contributed by atoms with Crippen LogP contribution >= 0.6 is 28.1 Å². The SMILES string of the molecule is COc1ccccc1NC(=S)NC(=O)c1cc(Br)ccc1OC. The molecule has 0 aliphatic heterocycles. The van der Waals surface area contributed by atoms with Crippen LogP contribution in [0.2, 0.25) is 0 Å². The van der Waals surface area contributed by atoms with E-state index in [1.807, 2.05) is 12.1 Å². The Morgan fingerprint density at radius 3 is 2.48 bits per heavy atom. The van der Waals surface area contributed by atoms with Gasteiger partial charge in [0.2, 0.25) is 0 Å². The number of hydrogen-bond donors (Lipinski definition) is 2. The third-order valence-corrected chi connectivity index (χ3v) is 3.69. The van der Waals surface area contributed by atoms with Crippen molar-refractivity contribution in [3.8, 4) is 11.5 Å². The largest absolute Gasteiger partial charge is 0.496 e. The van der Waals surface area contributed by atoms with Crippen molar-refractivity contribution >= 4 is 44.9 Å². The first-order valence-electron chi connectivity index (χ1n) is 6.64. The molecule has 2 aromatic rings. The van der Waals surface area contributed by atoms with Gasteiger partial charge in [0.15, 0.2) is 5.11 Å². The molecule has 0 heterocycles. The number of hydrogen-bond acceptors (Lipinski definition) is 4. The van der Waals surface area contributed by atoms with E-state index in [2.05, 4.69) is 26.6 Å². The Morgan fingerprint density at radius 2 is 1.78 bits per heavy atom. The second-order valence-corrected chi connectivity index (χ2v) is 5.78. The summed E-state index contributed by atoms with van der Waals surface area (Å²) in [6.45, 7) is 0. The lowest BCUT2D eigenvalue weighted by Crippen LogP contribution is -2.34. The number of methoxy groups -OCH3 is 2. The summed E-state index contributed by atoms with van der Waals surface area (Å²) >= 11 is 8.51. The number of carbonyl (C=O) groups is 1. The van der Waals surface area contributed by atoms with Crippen molar-refractivity contribution in [1.29, 1.82) is 0 Å². The Kier molecular flexibility index (Phi) is 5.95. The summed E-state index contributed by atoms with van der Waals surface area (Å²) in [5, 5.41) is 5.73. The summed E-state index contributed by atoms with van der Waals surface area (Å²) in [6, 6.07) is 12.4. The second kappa shape index (κ2) is 7.94. The topological polar surface area (TPSA) is 59.6 Å². The highest BCUT2D eigenvalue weighted by molar-refractivity contribution is 9.10. The predicted octanol–water partition coefficient (Wildman–Crippen LogP) is 3.59. The quantitative estimate of drug-likeness (QED) is 0.775. The van der Waals surface area contributed by atoms with Crippen molar-refractivity contribution in [3.05, 3.63) is 52.5 Å². The van der Waals surface area contributed by atoms with Crippen LogP contribution in [0.15, 0.2) is 46.9 Å². The summed E-state index contributed by atoms with van der Waals surface area (Å²) in [5.74, 6) is 0.727. The van der Waals surface area contributed by atoms with Gasteiger partial charge >= 0.3 is 0 Å². The molecular weight excluding hydrogens is 380 g/mol. The van der Waals surface area contributed by atoms with Crippen LogP contribution in [-0.2, 0) is 0 Å². The van der Waals surface area contributed by atoms with E-state index < -0.39 is 0 Å². The van der Waals surface area contributed by atoms with Crippen LogP contribution in [0.1, 0.15) is 10.4 Å². The fraction of sp³-hybridized carbons (Fsp3) is 0.125. The zero-order valence-corrected chi connectivity index (χ0v) is 15.0.